The van der Waals surface area contributed by atoms with Gasteiger partial charge in [0.2, 0.25) is 0 Å². The number of aliphatic imine (C=N–C) groups is 1. The minimum atomic E-state index is 0. The number of nitrogens with one attached hydrogen (secondary N) is 2. The monoisotopic (exact) mass is 482 g/mol. The predicted octanol–water partition coefficient (Wildman–Crippen LogP) is 2.88. The first-order valence-electron chi connectivity index (χ1n) is 9.37. The molecule has 148 valence electrons. The van der Waals surface area contributed by atoms with Crippen molar-refractivity contribution >= 4 is 29.9 Å². The van der Waals surface area contributed by atoms with Gasteiger partial charge in [-0.05, 0) is 43.5 Å². The summed E-state index contributed by atoms with van der Waals surface area (Å²) < 4.78 is 1.86. The lowest BCUT2D eigenvalue weighted by Crippen LogP contribution is -2.46. The third-order valence-electron chi connectivity index (χ3n) is 5.08. The van der Waals surface area contributed by atoms with E-state index < -0.39 is 0 Å². The predicted molar refractivity (Wildman–Crippen MR) is 122 cm³/mol. The maximum Gasteiger partial charge on any atom is 0.191 e. The summed E-state index contributed by atoms with van der Waals surface area (Å²) in [6, 6.07) is 11.4. The average molecular weight is 482 g/mol. The number of halogens is 1. The van der Waals surface area contributed by atoms with Crippen LogP contribution in [0.15, 0.2) is 47.7 Å². The second kappa shape index (κ2) is 10.1. The van der Waals surface area contributed by atoms with Gasteiger partial charge in [-0.1, -0.05) is 19.1 Å². The maximum atomic E-state index is 4.39. The fourth-order valence-electron chi connectivity index (χ4n) is 3.36. The summed E-state index contributed by atoms with van der Waals surface area (Å²) in [4.78, 5) is 6.91. The molecule has 1 aromatic carbocycles. The molecule has 1 aliphatic rings. The molecule has 2 heterocycles. The summed E-state index contributed by atoms with van der Waals surface area (Å²) in [5.41, 5.74) is 2.28. The molecule has 0 spiro atoms. The quantitative estimate of drug-likeness (QED) is 0.391. The van der Waals surface area contributed by atoms with Crippen LogP contribution in [-0.2, 0) is 6.54 Å². The van der Waals surface area contributed by atoms with Crippen LogP contribution in [0.1, 0.15) is 26.3 Å². The summed E-state index contributed by atoms with van der Waals surface area (Å²) in [6.45, 7) is 9.78. The Bertz CT molecular complexity index is 711. The second-order valence-corrected chi connectivity index (χ2v) is 7.32. The van der Waals surface area contributed by atoms with Crippen LogP contribution in [0, 0.1) is 5.92 Å². The molecule has 2 aromatic rings. The molecule has 27 heavy (non-hydrogen) atoms. The normalized spacial score (nSPS) is 20.6. The van der Waals surface area contributed by atoms with Crippen LogP contribution in [0.25, 0.3) is 5.69 Å². The summed E-state index contributed by atoms with van der Waals surface area (Å²) in [5.74, 6) is 1.48. The van der Waals surface area contributed by atoms with E-state index in [2.05, 4.69) is 70.7 Å². The van der Waals surface area contributed by atoms with E-state index in [4.69, 9.17) is 0 Å². The molecule has 0 radical (unpaired) electrons. The number of likely N-dealkylation sites (tertiary alicyclic amines) is 1. The Labute approximate surface area is 179 Å². The van der Waals surface area contributed by atoms with Gasteiger partial charge in [0.1, 0.15) is 0 Å². The molecule has 0 saturated carbocycles. The van der Waals surface area contributed by atoms with E-state index in [1.54, 1.807) is 6.20 Å². The van der Waals surface area contributed by atoms with Gasteiger partial charge in [0.15, 0.2) is 5.96 Å². The summed E-state index contributed by atoms with van der Waals surface area (Å²) in [7, 11) is 1.83. The SMILES string of the molecule is CN=C(NCc1ccc(-n2cccn2)cc1)NC1CN(C(C)C)CC1C.I. The summed E-state index contributed by atoms with van der Waals surface area (Å²) >= 11 is 0. The molecule has 7 heteroatoms. The lowest BCUT2D eigenvalue weighted by Gasteiger charge is -2.22. The zero-order valence-electron chi connectivity index (χ0n) is 16.6. The van der Waals surface area contributed by atoms with E-state index in [-0.39, 0.29) is 24.0 Å². The number of guanidine groups is 1. The van der Waals surface area contributed by atoms with Gasteiger partial charge in [-0.3, -0.25) is 9.89 Å². The molecule has 0 amide bonds. The molecule has 0 aliphatic carbocycles. The van der Waals surface area contributed by atoms with E-state index >= 15 is 0 Å². The molecule has 3 rings (SSSR count). The molecule has 1 fully saturated rings. The van der Waals surface area contributed by atoms with E-state index in [0.717, 1.165) is 31.3 Å². The van der Waals surface area contributed by atoms with E-state index in [1.165, 1.54) is 5.56 Å². The number of rotatable bonds is 5. The highest BCUT2D eigenvalue weighted by atomic mass is 127. The zero-order valence-corrected chi connectivity index (χ0v) is 18.9. The van der Waals surface area contributed by atoms with Gasteiger partial charge in [-0.25, -0.2) is 4.68 Å². The Morgan fingerprint density at radius 2 is 2.00 bits per heavy atom. The minimum absolute atomic E-state index is 0. The van der Waals surface area contributed by atoms with Gasteiger partial charge in [0, 0.05) is 51.2 Å². The van der Waals surface area contributed by atoms with Crippen LogP contribution in [0.3, 0.4) is 0 Å². The molecule has 2 N–H and O–H groups in total. The van der Waals surface area contributed by atoms with Crippen molar-refractivity contribution in [2.24, 2.45) is 10.9 Å². The van der Waals surface area contributed by atoms with Gasteiger partial charge in [0.25, 0.3) is 0 Å². The number of hydrogen-bond acceptors (Lipinski definition) is 3. The Morgan fingerprint density at radius 3 is 2.56 bits per heavy atom. The Balaban J connectivity index is 0.00000261. The maximum absolute atomic E-state index is 4.39. The highest BCUT2D eigenvalue weighted by molar-refractivity contribution is 14.0. The van der Waals surface area contributed by atoms with Crippen molar-refractivity contribution < 1.29 is 0 Å². The van der Waals surface area contributed by atoms with Crippen molar-refractivity contribution in [2.45, 2.75) is 39.4 Å². The fourth-order valence-corrected chi connectivity index (χ4v) is 3.36. The van der Waals surface area contributed by atoms with Crippen molar-refractivity contribution in [3.8, 4) is 5.69 Å². The number of nitrogens with zero attached hydrogens (tertiary/aromatic N) is 4. The number of aromatic nitrogens is 2. The zero-order chi connectivity index (χ0) is 18.5. The Hall–Kier alpha value is -1.61. The molecule has 1 aliphatic heterocycles. The van der Waals surface area contributed by atoms with E-state index in [0.29, 0.717) is 18.0 Å². The molecule has 2 atom stereocenters. The van der Waals surface area contributed by atoms with Crippen molar-refractivity contribution in [2.75, 3.05) is 20.1 Å². The minimum Gasteiger partial charge on any atom is -0.352 e. The van der Waals surface area contributed by atoms with Crippen molar-refractivity contribution in [1.82, 2.24) is 25.3 Å². The van der Waals surface area contributed by atoms with Gasteiger partial charge < -0.3 is 10.6 Å². The molecule has 2 unspecified atom stereocenters. The first-order chi connectivity index (χ1) is 12.6. The molecule has 1 aromatic heterocycles. The number of benzene rings is 1. The van der Waals surface area contributed by atoms with Gasteiger partial charge in [0.05, 0.1) is 5.69 Å². The molecule has 6 nitrogen and oxygen atoms in total. The van der Waals surface area contributed by atoms with Crippen molar-refractivity contribution in [3.63, 3.8) is 0 Å². The summed E-state index contributed by atoms with van der Waals surface area (Å²) in [5, 5.41) is 11.3. The molecule has 1 saturated heterocycles. The van der Waals surface area contributed by atoms with Crippen LogP contribution in [0.5, 0.6) is 0 Å². The molecular weight excluding hydrogens is 451 g/mol. The largest absolute Gasteiger partial charge is 0.352 e. The lowest BCUT2D eigenvalue weighted by molar-refractivity contribution is 0.265. The van der Waals surface area contributed by atoms with Crippen molar-refractivity contribution in [1.29, 1.82) is 0 Å². The number of hydrogen-bond donors (Lipinski definition) is 2. The third kappa shape index (κ3) is 5.68. The van der Waals surface area contributed by atoms with Crippen molar-refractivity contribution in [3.05, 3.63) is 48.3 Å². The van der Waals surface area contributed by atoms with Crippen LogP contribution in [0.4, 0.5) is 0 Å². The van der Waals surface area contributed by atoms with Crippen LogP contribution in [0.2, 0.25) is 0 Å². The molecule has 0 bridgehead atoms. The Kier molecular flexibility index (Phi) is 8.09. The van der Waals surface area contributed by atoms with Crippen LogP contribution in [-0.4, -0.2) is 52.9 Å². The third-order valence-corrected chi connectivity index (χ3v) is 5.08. The highest BCUT2D eigenvalue weighted by Gasteiger charge is 2.31. The van der Waals surface area contributed by atoms with E-state index in [1.807, 2.05) is 24.0 Å². The van der Waals surface area contributed by atoms with Gasteiger partial charge in [-0.2, -0.15) is 5.10 Å². The average Bonchev–Trinajstić information content (AvgIpc) is 3.29. The van der Waals surface area contributed by atoms with Crippen LogP contribution < -0.4 is 10.6 Å². The smallest absolute Gasteiger partial charge is 0.191 e. The first kappa shape index (κ1) is 21.7. The van der Waals surface area contributed by atoms with Crippen LogP contribution >= 0.6 is 24.0 Å². The molecular formula is C20H31IN6. The second-order valence-electron chi connectivity index (χ2n) is 7.32. The first-order valence-corrected chi connectivity index (χ1v) is 9.37. The topological polar surface area (TPSA) is 57.5 Å². The summed E-state index contributed by atoms with van der Waals surface area (Å²) in [6.07, 6.45) is 3.73. The standard InChI is InChI=1S/C20H30N6.HI/c1-15(2)25-13-16(3)19(14-25)24-20(21-4)22-12-17-6-8-18(9-7-17)26-11-5-10-23-26;/h5-11,15-16,19H,12-14H2,1-4H3,(H2,21,22,24);1H. The van der Waals surface area contributed by atoms with Gasteiger partial charge in [-0.15, -0.1) is 24.0 Å². The Morgan fingerprint density at radius 1 is 1.26 bits per heavy atom. The fraction of sp³-hybridized carbons (Fsp3) is 0.500. The highest BCUT2D eigenvalue weighted by Crippen LogP contribution is 2.18. The lowest BCUT2D eigenvalue weighted by atomic mass is 10.1. The van der Waals surface area contributed by atoms with Gasteiger partial charge >= 0.3 is 0 Å². The van der Waals surface area contributed by atoms with E-state index in [9.17, 15) is 0 Å².